The third-order valence-corrected chi connectivity index (χ3v) is 11.0. The first-order valence-electron chi connectivity index (χ1n) is 19.0. The predicted octanol–water partition coefficient (Wildman–Crippen LogP) is 12.4. The second-order valence-corrected chi connectivity index (χ2v) is 14.4. The van der Waals surface area contributed by atoms with Gasteiger partial charge in [-0.1, -0.05) is 152 Å². The summed E-state index contributed by atoms with van der Waals surface area (Å²) >= 11 is 0. The lowest BCUT2D eigenvalue weighted by atomic mass is 9.85. The van der Waals surface area contributed by atoms with Crippen LogP contribution in [0.2, 0.25) is 0 Å². The van der Waals surface area contributed by atoms with Gasteiger partial charge >= 0.3 is 0 Å². The van der Waals surface area contributed by atoms with Crippen molar-refractivity contribution in [3.05, 3.63) is 205 Å². The van der Waals surface area contributed by atoms with Crippen LogP contribution in [0.1, 0.15) is 28.8 Å². The molecule has 7 aromatic carbocycles. The molecule has 56 heavy (non-hydrogen) atoms. The highest BCUT2D eigenvalue weighted by Gasteiger charge is 2.40. The molecule has 2 aromatic heterocycles. The van der Waals surface area contributed by atoms with Gasteiger partial charge in [0, 0.05) is 44.8 Å². The molecule has 1 aliphatic heterocycles. The molecule has 2 aliphatic rings. The Morgan fingerprint density at radius 1 is 0.446 bits per heavy atom. The van der Waals surface area contributed by atoms with Crippen molar-refractivity contribution in [3.8, 4) is 67.9 Å². The van der Waals surface area contributed by atoms with E-state index in [0.29, 0.717) is 17.5 Å². The maximum atomic E-state index is 6.89. The van der Waals surface area contributed by atoms with Crippen LogP contribution in [0.25, 0.3) is 79.1 Å². The Kier molecular flexibility index (Phi) is 7.56. The fraction of sp³-hybridized carbons (Fsp3) is 0.0392. The minimum Gasteiger partial charge on any atom is -0.484 e. The zero-order valence-corrected chi connectivity index (χ0v) is 30.3. The number of aromatic nitrogens is 4. The SMILES string of the molecule is C1=CC2c3cc(-c4nc(-c5ccccc5)nc(-c5ccccc5)n4)ccc3OC2c2c1n(-c1cccc(-c3ccc(-c4ccccc4)cc3)c1)c1ccccc21. The van der Waals surface area contributed by atoms with E-state index >= 15 is 0 Å². The van der Waals surface area contributed by atoms with E-state index in [1.807, 2.05) is 60.7 Å². The van der Waals surface area contributed by atoms with E-state index in [2.05, 4.69) is 138 Å². The average Bonchev–Trinajstić information content (AvgIpc) is 3.83. The van der Waals surface area contributed by atoms with Crippen molar-refractivity contribution in [3.63, 3.8) is 0 Å². The van der Waals surface area contributed by atoms with Crippen molar-refractivity contribution in [1.29, 1.82) is 0 Å². The van der Waals surface area contributed by atoms with Crippen molar-refractivity contribution in [2.24, 2.45) is 0 Å². The molecule has 0 saturated heterocycles. The second kappa shape index (κ2) is 13.2. The zero-order valence-electron chi connectivity index (χ0n) is 30.3. The molecule has 2 unspecified atom stereocenters. The molecule has 0 saturated carbocycles. The Labute approximate surface area is 324 Å². The Balaban J connectivity index is 0.971. The lowest BCUT2D eigenvalue weighted by molar-refractivity contribution is 0.224. The third kappa shape index (κ3) is 5.44. The molecule has 0 spiro atoms. The van der Waals surface area contributed by atoms with Crippen molar-refractivity contribution < 1.29 is 4.74 Å². The lowest BCUT2D eigenvalue weighted by Crippen LogP contribution is -2.13. The Morgan fingerprint density at radius 3 is 1.66 bits per heavy atom. The summed E-state index contributed by atoms with van der Waals surface area (Å²) in [5.41, 5.74) is 13.4. The number of fused-ring (bicyclic) bond motifs is 7. The summed E-state index contributed by atoms with van der Waals surface area (Å²) in [6.45, 7) is 0. The van der Waals surface area contributed by atoms with Crippen molar-refractivity contribution >= 4 is 17.0 Å². The van der Waals surface area contributed by atoms with Gasteiger partial charge in [0.25, 0.3) is 0 Å². The summed E-state index contributed by atoms with van der Waals surface area (Å²) in [6.07, 6.45) is 4.42. The smallest absolute Gasteiger partial charge is 0.164 e. The molecule has 9 aromatic rings. The average molecular weight is 719 g/mol. The first-order valence-corrected chi connectivity index (χ1v) is 19.0. The van der Waals surface area contributed by atoms with E-state index in [-0.39, 0.29) is 12.0 Å². The van der Waals surface area contributed by atoms with Crippen LogP contribution in [0.3, 0.4) is 0 Å². The highest BCUT2D eigenvalue weighted by Crippen LogP contribution is 2.53. The first kappa shape index (κ1) is 32.1. The number of nitrogens with zero attached hydrogens (tertiary/aromatic N) is 4. The topological polar surface area (TPSA) is 52.8 Å². The number of rotatable bonds is 6. The first-order chi connectivity index (χ1) is 27.7. The molecule has 2 atom stereocenters. The number of ether oxygens (including phenoxy) is 1. The summed E-state index contributed by atoms with van der Waals surface area (Å²) in [5.74, 6) is 2.85. The molecule has 0 N–H and O–H groups in total. The van der Waals surface area contributed by atoms with Gasteiger partial charge in [-0.05, 0) is 64.7 Å². The van der Waals surface area contributed by atoms with Crippen molar-refractivity contribution in [1.82, 2.24) is 19.5 Å². The van der Waals surface area contributed by atoms with Crippen LogP contribution < -0.4 is 4.74 Å². The maximum absolute atomic E-state index is 6.89. The predicted molar refractivity (Wildman–Crippen MR) is 225 cm³/mol. The van der Waals surface area contributed by atoms with Crippen molar-refractivity contribution in [2.45, 2.75) is 12.0 Å². The van der Waals surface area contributed by atoms with E-state index in [0.717, 1.165) is 44.9 Å². The van der Waals surface area contributed by atoms with E-state index < -0.39 is 0 Å². The van der Waals surface area contributed by atoms with Crippen molar-refractivity contribution in [2.75, 3.05) is 0 Å². The summed E-state index contributed by atoms with van der Waals surface area (Å²) in [6, 6.07) is 63.5. The Bertz CT molecular complexity index is 2880. The molecule has 264 valence electrons. The molecule has 0 fully saturated rings. The quantitative estimate of drug-likeness (QED) is 0.172. The molecule has 5 nitrogen and oxygen atoms in total. The third-order valence-electron chi connectivity index (χ3n) is 11.0. The van der Waals surface area contributed by atoms with Crippen LogP contribution in [0, 0.1) is 0 Å². The molecule has 3 heterocycles. The standard InChI is InChI=1S/C51H34N4O/c1-4-13-33(14-5-1)34-23-25-35(26-24-34)38-19-12-20-40(31-38)55-44-22-11-10-21-42(44)47-45(55)29-28-41-43-32-39(27-30-46(43)56-48(41)47)51-53-49(36-15-6-2-7-16-36)52-50(54-51)37-17-8-3-9-18-37/h1-32,41,48H. The molecule has 0 bridgehead atoms. The van der Waals surface area contributed by atoms with Gasteiger partial charge in [-0.2, -0.15) is 0 Å². The van der Waals surface area contributed by atoms with Gasteiger partial charge in [0.15, 0.2) is 17.5 Å². The summed E-state index contributed by atoms with van der Waals surface area (Å²) in [5, 5.41) is 1.20. The number of hydrogen-bond donors (Lipinski definition) is 0. The monoisotopic (exact) mass is 718 g/mol. The second-order valence-electron chi connectivity index (χ2n) is 14.4. The van der Waals surface area contributed by atoms with Crippen LogP contribution in [-0.2, 0) is 0 Å². The van der Waals surface area contributed by atoms with Crippen LogP contribution >= 0.6 is 0 Å². The zero-order chi connectivity index (χ0) is 37.0. The highest BCUT2D eigenvalue weighted by molar-refractivity contribution is 5.92. The van der Waals surface area contributed by atoms with Gasteiger partial charge < -0.3 is 9.30 Å². The van der Waals surface area contributed by atoms with Gasteiger partial charge in [0.05, 0.1) is 11.2 Å². The van der Waals surface area contributed by atoms with Gasteiger partial charge in [-0.15, -0.1) is 0 Å². The summed E-state index contributed by atoms with van der Waals surface area (Å²) < 4.78 is 9.28. The van der Waals surface area contributed by atoms with Crippen LogP contribution in [0.4, 0.5) is 0 Å². The molecular formula is C51H34N4O. The van der Waals surface area contributed by atoms with Crippen LogP contribution in [-0.4, -0.2) is 19.5 Å². The lowest BCUT2D eigenvalue weighted by Gasteiger charge is -2.22. The summed E-state index contributed by atoms with van der Waals surface area (Å²) in [4.78, 5) is 14.9. The number of hydrogen-bond acceptors (Lipinski definition) is 4. The Morgan fingerprint density at radius 2 is 0.982 bits per heavy atom. The number of benzene rings is 7. The fourth-order valence-corrected chi connectivity index (χ4v) is 8.34. The van der Waals surface area contributed by atoms with Crippen LogP contribution in [0.5, 0.6) is 5.75 Å². The largest absolute Gasteiger partial charge is 0.484 e. The molecule has 0 amide bonds. The molecule has 5 heteroatoms. The maximum Gasteiger partial charge on any atom is 0.164 e. The fourth-order valence-electron chi connectivity index (χ4n) is 8.34. The van der Waals surface area contributed by atoms with Gasteiger partial charge in [-0.3, -0.25) is 0 Å². The van der Waals surface area contributed by atoms with Gasteiger partial charge in [0.1, 0.15) is 11.9 Å². The van der Waals surface area contributed by atoms with Gasteiger partial charge in [-0.25, -0.2) is 15.0 Å². The molecule has 0 radical (unpaired) electrons. The molecule has 1 aliphatic carbocycles. The minimum absolute atomic E-state index is 0.0372. The van der Waals surface area contributed by atoms with E-state index in [9.17, 15) is 0 Å². The molecular weight excluding hydrogens is 685 g/mol. The summed E-state index contributed by atoms with van der Waals surface area (Å²) in [7, 11) is 0. The molecule has 11 rings (SSSR count). The van der Waals surface area contributed by atoms with E-state index in [1.54, 1.807) is 0 Å². The number of para-hydroxylation sites is 1. The minimum atomic E-state index is -0.168. The Hall–Kier alpha value is -7.37. The van der Waals surface area contributed by atoms with E-state index in [4.69, 9.17) is 19.7 Å². The van der Waals surface area contributed by atoms with E-state index in [1.165, 1.54) is 33.2 Å². The van der Waals surface area contributed by atoms with Gasteiger partial charge in [0.2, 0.25) is 0 Å². The highest BCUT2D eigenvalue weighted by atomic mass is 16.5. The normalized spacial score (nSPS) is 15.2. The van der Waals surface area contributed by atoms with Crippen LogP contribution in [0.15, 0.2) is 188 Å².